The topological polar surface area (TPSA) is 32.3 Å². The van der Waals surface area contributed by atoms with Crippen molar-refractivity contribution in [2.75, 3.05) is 13.1 Å². The number of halogens is 1. The van der Waals surface area contributed by atoms with Crippen molar-refractivity contribution in [3.8, 4) is 5.75 Å². The summed E-state index contributed by atoms with van der Waals surface area (Å²) in [5.74, 6) is 0.906. The minimum Gasteiger partial charge on any atom is -0.508 e. The predicted molar refractivity (Wildman–Crippen MR) is 60.7 cm³/mol. The van der Waals surface area contributed by atoms with Gasteiger partial charge >= 0.3 is 0 Å². The first kappa shape index (κ1) is 9.99. The predicted octanol–water partition coefficient (Wildman–Crippen LogP) is 2.62. The van der Waals surface area contributed by atoms with E-state index in [1.54, 1.807) is 12.1 Å². The third-order valence-corrected chi connectivity index (χ3v) is 3.41. The molecule has 2 rings (SSSR count). The molecule has 0 radical (unpaired) electrons. The first-order valence-electron chi connectivity index (χ1n) is 4.96. The van der Waals surface area contributed by atoms with Crippen molar-refractivity contribution < 1.29 is 5.11 Å². The molecule has 2 nitrogen and oxygen atoms in total. The van der Waals surface area contributed by atoms with Gasteiger partial charge in [0.1, 0.15) is 5.75 Å². The Morgan fingerprint density at radius 3 is 2.93 bits per heavy atom. The molecular weight excluding hydrogens is 242 g/mol. The highest BCUT2D eigenvalue weighted by atomic mass is 79.9. The van der Waals surface area contributed by atoms with Crippen molar-refractivity contribution >= 4 is 15.9 Å². The Morgan fingerprint density at radius 2 is 2.29 bits per heavy atom. The third-order valence-electron chi connectivity index (χ3n) is 2.72. The van der Waals surface area contributed by atoms with Crippen LogP contribution in [-0.4, -0.2) is 18.2 Å². The molecule has 1 heterocycles. The van der Waals surface area contributed by atoms with E-state index in [0.29, 0.717) is 11.7 Å². The van der Waals surface area contributed by atoms with Crippen LogP contribution in [0, 0.1) is 0 Å². The molecule has 0 aromatic heterocycles. The summed E-state index contributed by atoms with van der Waals surface area (Å²) in [6.45, 7) is 2.18. The second-order valence-electron chi connectivity index (χ2n) is 3.75. The van der Waals surface area contributed by atoms with E-state index in [1.165, 1.54) is 18.4 Å². The van der Waals surface area contributed by atoms with Crippen molar-refractivity contribution in [2.24, 2.45) is 0 Å². The molecule has 14 heavy (non-hydrogen) atoms. The molecule has 1 atom stereocenters. The molecule has 1 unspecified atom stereocenters. The molecule has 1 aromatic rings. The van der Waals surface area contributed by atoms with Crippen molar-refractivity contribution in [1.29, 1.82) is 0 Å². The van der Waals surface area contributed by atoms with E-state index in [1.807, 2.05) is 6.07 Å². The van der Waals surface area contributed by atoms with Crippen LogP contribution in [0.25, 0.3) is 0 Å². The Bertz CT molecular complexity index is 321. The molecule has 1 saturated heterocycles. The number of hydrogen-bond acceptors (Lipinski definition) is 2. The molecule has 0 bridgehead atoms. The number of phenols is 1. The van der Waals surface area contributed by atoms with Gasteiger partial charge in [0.05, 0.1) is 0 Å². The van der Waals surface area contributed by atoms with Gasteiger partial charge in [-0.15, -0.1) is 0 Å². The number of hydrogen-bond donors (Lipinski definition) is 2. The SMILES string of the molecule is Oc1ccc(C2CCCNC2)c(Br)c1. The van der Waals surface area contributed by atoms with Crippen LogP contribution in [0.1, 0.15) is 24.3 Å². The van der Waals surface area contributed by atoms with Crippen LogP contribution in [-0.2, 0) is 0 Å². The average Bonchev–Trinajstić information content (AvgIpc) is 2.19. The maximum atomic E-state index is 9.29. The number of piperidine rings is 1. The van der Waals surface area contributed by atoms with Crippen LogP contribution in [0.5, 0.6) is 5.75 Å². The molecule has 1 aliphatic heterocycles. The summed E-state index contributed by atoms with van der Waals surface area (Å²) in [6, 6.07) is 5.54. The smallest absolute Gasteiger partial charge is 0.116 e. The molecule has 1 aromatic carbocycles. The summed E-state index contributed by atoms with van der Waals surface area (Å²) >= 11 is 3.49. The number of rotatable bonds is 1. The van der Waals surface area contributed by atoms with E-state index in [4.69, 9.17) is 0 Å². The maximum Gasteiger partial charge on any atom is 0.116 e. The zero-order valence-electron chi connectivity index (χ0n) is 7.96. The van der Waals surface area contributed by atoms with E-state index in [-0.39, 0.29) is 0 Å². The van der Waals surface area contributed by atoms with Crippen LogP contribution >= 0.6 is 15.9 Å². The lowest BCUT2D eigenvalue weighted by molar-refractivity contribution is 0.456. The van der Waals surface area contributed by atoms with Gasteiger partial charge < -0.3 is 10.4 Å². The van der Waals surface area contributed by atoms with Gasteiger partial charge in [0.15, 0.2) is 0 Å². The number of benzene rings is 1. The van der Waals surface area contributed by atoms with Crippen LogP contribution in [0.4, 0.5) is 0 Å². The van der Waals surface area contributed by atoms with E-state index in [0.717, 1.165) is 17.6 Å². The van der Waals surface area contributed by atoms with Gasteiger partial charge in [-0.25, -0.2) is 0 Å². The Kier molecular flexibility index (Phi) is 3.08. The van der Waals surface area contributed by atoms with E-state index >= 15 is 0 Å². The summed E-state index contributed by atoms with van der Waals surface area (Å²) < 4.78 is 1.02. The Balaban J connectivity index is 2.22. The standard InChI is InChI=1S/C11H14BrNO/c12-11-6-9(14)3-4-10(11)8-2-1-5-13-7-8/h3-4,6,8,13-14H,1-2,5,7H2. The minimum absolute atomic E-state index is 0.324. The summed E-state index contributed by atoms with van der Waals surface area (Å²) in [7, 11) is 0. The number of phenolic OH excluding ortho intramolecular Hbond substituents is 1. The first-order valence-corrected chi connectivity index (χ1v) is 5.76. The Labute approximate surface area is 92.5 Å². The minimum atomic E-state index is 0.324. The zero-order valence-corrected chi connectivity index (χ0v) is 9.55. The van der Waals surface area contributed by atoms with Gasteiger partial charge in [-0.05, 0) is 43.0 Å². The van der Waals surface area contributed by atoms with Gasteiger partial charge in [-0.3, -0.25) is 0 Å². The quantitative estimate of drug-likeness (QED) is 0.809. The highest BCUT2D eigenvalue weighted by Crippen LogP contribution is 2.31. The van der Waals surface area contributed by atoms with Gasteiger partial charge in [0, 0.05) is 11.0 Å². The molecule has 0 saturated carbocycles. The van der Waals surface area contributed by atoms with Crippen molar-refractivity contribution in [3.63, 3.8) is 0 Å². The lowest BCUT2D eigenvalue weighted by Crippen LogP contribution is -2.28. The van der Waals surface area contributed by atoms with Crippen LogP contribution in [0.2, 0.25) is 0 Å². The van der Waals surface area contributed by atoms with E-state index < -0.39 is 0 Å². The van der Waals surface area contributed by atoms with Crippen LogP contribution < -0.4 is 5.32 Å². The normalized spacial score (nSPS) is 22.2. The summed E-state index contributed by atoms with van der Waals surface area (Å²) in [5.41, 5.74) is 1.30. The molecule has 1 aliphatic rings. The van der Waals surface area contributed by atoms with Crippen molar-refractivity contribution in [2.45, 2.75) is 18.8 Å². The lowest BCUT2D eigenvalue weighted by atomic mass is 9.92. The fourth-order valence-electron chi connectivity index (χ4n) is 1.96. The number of aromatic hydroxyl groups is 1. The average molecular weight is 256 g/mol. The highest BCUT2D eigenvalue weighted by Gasteiger charge is 2.17. The highest BCUT2D eigenvalue weighted by molar-refractivity contribution is 9.10. The fraction of sp³-hybridized carbons (Fsp3) is 0.455. The van der Waals surface area contributed by atoms with E-state index in [9.17, 15) is 5.11 Å². The molecule has 2 N–H and O–H groups in total. The molecule has 1 fully saturated rings. The van der Waals surface area contributed by atoms with E-state index in [2.05, 4.69) is 21.2 Å². The molecule has 0 spiro atoms. The van der Waals surface area contributed by atoms with Crippen molar-refractivity contribution in [1.82, 2.24) is 5.32 Å². The maximum absolute atomic E-state index is 9.29. The Hall–Kier alpha value is -0.540. The second kappa shape index (κ2) is 4.32. The van der Waals surface area contributed by atoms with Crippen molar-refractivity contribution in [3.05, 3.63) is 28.2 Å². The lowest BCUT2D eigenvalue weighted by Gasteiger charge is -2.24. The van der Waals surface area contributed by atoms with Gasteiger partial charge in [-0.2, -0.15) is 0 Å². The second-order valence-corrected chi connectivity index (χ2v) is 4.60. The summed E-state index contributed by atoms with van der Waals surface area (Å²) in [4.78, 5) is 0. The first-order chi connectivity index (χ1) is 6.77. The molecule has 0 amide bonds. The third kappa shape index (κ3) is 2.10. The largest absolute Gasteiger partial charge is 0.508 e. The Morgan fingerprint density at radius 1 is 1.43 bits per heavy atom. The zero-order chi connectivity index (χ0) is 9.97. The molecule has 0 aliphatic carbocycles. The van der Waals surface area contributed by atoms with Gasteiger partial charge in [0.2, 0.25) is 0 Å². The molecule has 3 heteroatoms. The monoisotopic (exact) mass is 255 g/mol. The van der Waals surface area contributed by atoms with Gasteiger partial charge in [-0.1, -0.05) is 22.0 Å². The summed E-state index contributed by atoms with van der Waals surface area (Å²) in [6.07, 6.45) is 2.47. The molecular formula is C11H14BrNO. The van der Waals surface area contributed by atoms with Crippen LogP contribution in [0.3, 0.4) is 0 Å². The number of nitrogens with one attached hydrogen (secondary N) is 1. The van der Waals surface area contributed by atoms with Crippen LogP contribution in [0.15, 0.2) is 22.7 Å². The fourth-order valence-corrected chi connectivity index (χ4v) is 2.65. The van der Waals surface area contributed by atoms with Gasteiger partial charge in [0.25, 0.3) is 0 Å². The summed E-state index contributed by atoms with van der Waals surface area (Å²) in [5, 5.41) is 12.7. The molecule has 76 valence electrons.